The standard InChI is InChI=1S/C11H10BrN3O2/c1-7-2-4-8(5-3-7)10-13-11(12)14-15(10)6-9(16)17/h2-5H,6H2,1H3,(H,16,17). The van der Waals surface area contributed by atoms with Crippen molar-refractivity contribution < 1.29 is 9.90 Å². The molecule has 88 valence electrons. The molecule has 0 aliphatic rings. The van der Waals surface area contributed by atoms with Crippen molar-refractivity contribution in [1.82, 2.24) is 14.8 Å². The van der Waals surface area contributed by atoms with Crippen molar-refractivity contribution >= 4 is 21.9 Å². The van der Waals surface area contributed by atoms with E-state index in [0.29, 0.717) is 10.6 Å². The summed E-state index contributed by atoms with van der Waals surface area (Å²) in [7, 11) is 0. The molecule has 0 atom stereocenters. The Bertz CT molecular complexity index is 548. The van der Waals surface area contributed by atoms with Gasteiger partial charge in [0.15, 0.2) is 5.82 Å². The van der Waals surface area contributed by atoms with Gasteiger partial charge < -0.3 is 5.11 Å². The number of hydrogen-bond acceptors (Lipinski definition) is 3. The van der Waals surface area contributed by atoms with Gasteiger partial charge in [-0.25, -0.2) is 9.67 Å². The highest BCUT2D eigenvalue weighted by molar-refractivity contribution is 9.10. The number of carbonyl (C=O) groups is 1. The van der Waals surface area contributed by atoms with Gasteiger partial charge >= 0.3 is 5.97 Å². The Morgan fingerprint density at radius 1 is 1.41 bits per heavy atom. The van der Waals surface area contributed by atoms with E-state index in [-0.39, 0.29) is 6.54 Å². The lowest BCUT2D eigenvalue weighted by Crippen LogP contribution is -2.11. The maximum atomic E-state index is 10.7. The van der Waals surface area contributed by atoms with Crippen molar-refractivity contribution in [2.45, 2.75) is 13.5 Å². The fraction of sp³-hybridized carbons (Fsp3) is 0.182. The van der Waals surface area contributed by atoms with Crippen LogP contribution in [-0.4, -0.2) is 25.8 Å². The minimum Gasteiger partial charge on any atom is -0.480 e. The number of aliphatic carboxylic acids is 1. The van der Waals surface area contributed by atoms with E-state index in [1.54, 1.807) is 0 Å². The zero-order chi connectivity index (χ0) is 12.4. The van der Waals surface area contributed by atoms with Gasteiger partial charge in [0.2, 0.25) is 4.73 Å². The smallest absolute Gasteiger partial charge is 0.325 e. The lowest BCUT2D eigenvalue weighted by Gasteiger charge is -2.03. The third-order valence-corrected chi connectivity index (χ3v) is 2.58. The molecule has 0 bridgehead atoms. The van der Waals surface area contributed by atoms with E-state index in [1.165, 1.54) is 4.68 Å². The van der Waals surface area contributed by atoms with Gasteiger partial charge in [-0.05, 0) is 22.9 Å². The van der Waals surface area contributed by atoms with E-state index in [4.69, 9.17) is 5.11 Å². The number of rotatable bonds is 3. The summed E-state index contributed by atoms with van der Waals surface area (Å²) in [6.45, 7) is 1.78. The number of nitrogens with zero attached hydrogens (tertiary/aromatic N) is 3. The third-order valence-electron chi connectivity index (χ3n) is 2.24. The van der Waals surface area contributed by atoms with Crippen molar-refractivity contribution in [2.24, 2.45) is 0 Å². The summed E-state index contributed by atoms with van der Waals surface area (Å²) < 4.78 is 1.74. The van der Waals surface area contributed by atoms with Crippen LogP contribution in [0.2, 0.25) is 0 Å². The number of carboxylic acid groups (broad SMARTS) is 1. The Hall–Kier alpha value is -1.69. The predicted octanol–water partition coefficient (Wildman–Crippen LogP) is 2.10. The van der Waals surface area contributed by atoms with Gasteiger partial charge in [0.05, 0.1) is 0 Å². The summed E-state index contributed by atoms with van der Waals surface area (Å²) in [5.41, 5.74) is 1.98. The molecule has 0 unspecified atom stereocenters. The minimum absolute atomic E-state index is 0.207. The first kappa shape index (κ1) is 11.8. The highest BCUT2D eigenvalue weighted by Gasteiger charge is 2.12. The highest BCUT2D eigenvalue weighted by Crippen LogP contribution is 2.19. The van der Waals surface area contributed by atoms with Crippen LogP contribution in [0.1, 0.15) is 5.56 Å². The number of carboxylic acids is 1. The molecule has 1 aromatic heterocycles. The molecule has 0 spiro atoms. The second-order valence-corrected chi connectivity index (χ2v) is 4.33. The molecule has 0 saturated heterocycles. The molecular formula is C11H10BrN3O2. The molecule has 6 heteroatoms. The molecule has 2 rings (SSSR count). The average molecular weight is 296 g/mol. The Kier molecular flexibility index (Phi) is 3.23. The molecule has 0 aliphatic carbocycles. The number of aryl methyl sites for hydroxylation is 1. The molecule has 0 aliphatic heterocycles. The van der Waals surface area contributed by atoms with Gasteiger partial charge in [0.25, 0.3) is 0 Å². The van der Waals surface area contributed by atoms with Crippen LogP contribution in [0.15, 0.2) is 29.0 Å². The van der Waals surface area contributed by atoms with Gasteiger partial charge in [-0.15, -0.1) is 5.10 Å². The fourth-order valence-electron chi connectivity index (χ4n) is 1.47. The Morgan fingerprint density at radius 3 is 2.65 bits per heavy atom. The van der Waals surface area contributed by atoms with Crippen LogP contribution in [0, 0.1) is 6.92 Å². The first-order valence-electron chi connectivity index (χ1n) is 4.95. The minimum atomic E-state index is -0.948. The van der Waals surface area contributed by atoms with Crippen LogP contribution >= 0.6 is 15.9 Å². The zero-order valence-electron chi connectivity index (χ0n) is 9.09. The Morgan fingerprint density at radius 2 is 2.06 bits per heavy atom. The molecular weight excluding hydrogens is 286 g/mol. The van der Waals surface area contributed by atoms with E-state index in [1.807, 2.05) is 31.2 Å². The summed E-state index contributed by atoms with van der Waals surface area (Å²) in [5, 5.41) is 12.8. The normalized spacial score (nSPS) is 10.5. The van der Waals surface area contributed by atoms with E-state index >= 15 is 0 Å². The molecule has 1 N–H and O–H groups in total. The molecule has 2 aromatic rings. The topological polar surface area (TPSA) is 68.0 Å². The molecule has 0 saturated carbocycles. The van der Waals surface area contributed by atoms with Crippen LogP contribution in [-0.2, 0) is 11.3 Å². The van der Waals surface area contributed by atoms with Gasteiger partial charge in [-0.2, -0.15) is 0 Å². The SMILES string of the molecule is Cc1ccc(-c2nc(Br)nn2CC(=O)O)cc1. The van der Waals surface area contributed by atoms with Crippen LogP contribution < -0.4 is 0 Å². The molecule has 0 amide bonds. The zero-order valence-corrected chi connectivity index (χ0v) is 10.7. The Labute approximate surface area is 106 Å². The third kappa shape index (κ3) is 2.71. The van der Waals surface area contributed by atoms with Crippen molar-refractivity contribution in [3.05, 3.63) is 34.6 Å². The molecule has 5 nitrogen and oxygen atoms in total. The summed E-state index contributed by atoms with van der Waals surface area (Å²) in [5.74, 6) is -0.407. The van der Waals surface area contributed by atoms with Crippen LogP contribution in [0.5, 0.6) is 0 Å². The summed E-state index contributed by atoms with van der Waals surface area (Å²) in [4.78, 5) is 14.9. The van der Waals surface area contributed by atoms with E-state index < -0.39 is 5.97 Å². The molecule has 0 radical (unpaired) electrons. The molecule has 1 heterocycles. The largest absolute Gasteiger partial charge is 0.480 e. The van der Waals surface area contributed by atoms with Crippen LogP contribution in [0.3, 0.4) is 0 Å². The monoisotopic (exact) mass is 295 g/mol. The second kappa shape index (κ2) is 4.67. The van der Waals surface area contributed by atoms with Crippen molar-refractivity contribution in [3.8, 4) is 11.4 Å². The summed E-state index contributed by atoms with van der Waals surface area (Å²) in [6, 6.07) is 7.68. The lowest BCUT2D eigenvalue weighted by molar-refractivity contribution is -0.137. The predicted molar refractivity (Wildman–Crippen MR) is 65.5 cm³/mol. The van der Waals surface area contributed by atoms with Crippen molar-refractivity contribution in [1.29, 1.82) is 0 Å². The number of aromatic nitrogens is 3. The molecule has 17 heavy (non-hydrogen) atoms. The summed E-state index contributed by atoms with van der Waals surface area (Å²) in [6.07, 6.45) is 0. The quantitative estimate of drug-likeness (QED) is 0.941. The fourth-order valence-corrected chi connectivity index (χ4v) is 1.83. The number of hydrogen-bond donors (Lipinski definition) is 1. The maximum absolute atomic E-state index is 10.7. The van der Waals surface area contributed by atoms with Crippen molar-refractivity contribution in [2.75, 3.05) is 0 Å². The number of benzene rings is 1. The average Bonchev–Trinajstić information content (AvgIpc) is 2.59. The Balaban J connectivity index is 2.43. The first-order valence-corrected chi connectivity index (χ1v) is 5.75. The van der Waals surface area contributed by atoms with E-state index in [0.717, 1.165) is 11.1 Å². The van der Waals surface area contributed by atoms with Gasteiger partial charge in [0, 0.05) is 5.56 Å². The van der Waals surface area contributed by atoms with Gasteiger partial charge in [0.1, 0.15) is 6.54 Å². The highest BCUT2D eigenvalue weighted by atomic mass is 79.9. The second-order valence-electron chi connectivity index (χ2n) is 3.62. The molecule has 0 fully saturated rings. The maximum Gasteiger partial charge on any atom is 0.325 e. The van der Waals surface area contributed by atoms with Gasteiger partial charge in [-0.1, -0.05) is 29.8 Å². The number of halogens is 1. The molecule has 1 aromatic carbocycles. The lowest BCUT2D eigenvalue weighted by atomic mass is 10.1. The van der Waals surface area contributed by atoms with E-state index in [9.17, 15) is 4.79 Å². The first-order chi connectivity index (χ1) is 8.06. The van der Waals surface area contributed by atoms with Crippen LogP contribution in [0.25, 0.3) is 11.4 Å². The summed E-state index contributed by atoms with van der Waals surface area (Å²) >= 11 is 3.15. The van der Waals surface area contributed by atoms with Crippen molar-refractivity contribution in [3.63, 3.8) is 0 Å². The van der Waals surface area contributed by atoms with Crippen LogP contribution in [0.4, 0.5) is 0 Å². The van der Waals surface area contributed by atoms with E-state index in [2.05, 4.69) is 26.0 Å². The van der Waals surface area contributed by atoms with Gasteiger partial charge in [-0.3, -0.25) is 4.79 Å².